The number of ether oxygens (including phenoxy) is 2. The third-order valence-corrected chi connectivity index (χ3v) is 6.45. The molecule has 0 fully saturated rings. The monoisotopic (exact) mass is 539 g/mol. The van der Waals surface area contributed by atoms with Gasteiger partial charge in [0.15, 0.2) is 0 Å². The van der Waals surface area contributed by atoms with E-state index in [1.54, 1.807) is 33.9 Å². The molecule has 0 aliphatic heterocycles. The maximum absolute atomic E-state index is 13.2. The van der Waals surface area contributed by atoms with Gasteiger partial charge in [-0.3, -0.25) is 14.1 Å². The molecule has 0 bridgehead atoms. The van der Waals surface area contributed by atoms with E-state index in [9.17, 15) is 23.8 Å². The Morgan fingerprint density at radius 3 is 2.41 bits per heavy atom. The van der Waals surface area contributed by atoms with Gasteiger partial charge in [-0.2, -0.15) is 0 Å². The number of rotatable bonds is 13. The Morgan fingerprint density at radius 2 is 1.78 bits per heavy atom. The summed E-state index contributed by atoms with van der Waals surface area (Å²) in [6.07, 6.45) is 2.09. The minimum Gasteiger partial charge on any atom is -0.464 e. The van der Waals surface area contributed by atoms with Crippen molar-refractivity contribution >= 4 is 36.5 Å². The lowest BCUT2D eigenvalue weighted by molar-refractivity contribution is -0.160. The number of aromatic nitrogens is 1. The summed E-state index contributed by atoms with van der Waals surface area (Å²) in [6, 6.07) is 5.35. The van der Waals surface area contributed by atoms with Gasteiger partial charge in [0.25, 0.3) is 0 Å². The zero-order valence-electron chi connectivity index (χ0n) is 22.2. The van der Waals surface area contributed by atoms with Gasteiger partial charge in [0.05, 0.1) is 18.1 Å². The lowest BCUT2D eigenvalue weighted by Gasteiger charge is -2.25. The van der Waals surface area contributed by atoms with E-state index in [0.717, 1.165) is 16.5 Å². The van der Waals surface area contributed by atoms with Crippen LogP contribution in [0.15, 0.2) is 30.5 Å². The Hall–Kier alpha value is -2.72. The van der Waals surface area contributed by atoms with E-state index in [1.165, 1.54) is 0 Å². The van der Waals surface area contributed by atoms with E-state index in [1.807, 2.05) is 38.1 Å². The van der Waals surface area contributed by atoms with Gasteiger partial charge in [0.2, 0.25) is 12.7 Å². The average Bonchev–Trinajstić information content (AvgIpc) is 3.20. The molecule has 4 N–H and O–H groups in total. The SMILES string of the molecule is CCOC(=O)[C@H](Cc1c[nH]c2ccccc12)NC(=O)[C@H](CC(C)C)NP(=O)(O)OCOC(=O)C(C)(C)C. The smallest absolute Gasteiger partial charge is 0.406 e. The minimum atomic E-state index is -4.55. The molecule has 0 spiro atoms. The molecule has 1 amide bonds. The van der Waals surface area contributed by atoms with Crippen molar-refractivity contribution in [3.8, 4) is 0 Å². The number of esters is 2. The van der Waals surface area contributed by atoms with Gasteiger partial charge in [0.1, 0.15) is 6.04 Å². The van der Waals surface area contributed by atoms with Crippen molar-refractivity contribution in [2.75, 3.05) is 13.4 Å². The molecule has 0 radical (unpaired) electrons. The van der Waals surface area contributed by atoms with Crippen molar-refractivity contribution in [3.05, 3.63) is 36.0 Å². The topological polar surface area (TPSA) is 156 Å². The van der Waals surface area contributed by atoms with Crippen LogP contribution >= 0.6 is 7.75 Å². The highest BCUT2D eigenvalue weighted by Crippen LogP contribution is 2.38. The number of aromatic amines is 1. The maximum atomic E-state index is 13.2. The fraction of sp³-hybridized carbons (Fsp3) is 0.560. The van der Waals surface area contributed by atoms with Crippen LogP contribution in [0.4, 0.5) is 0 Å². The largest absolute Gasteiger partial charge is 0.464 e. The summed E-state index contributed by atoms with van der Waals surface area (Å²) in [4.78, 5) is 51.2. The number of amides is 1. The Morgan fingerprint density at radius 1 is 1.11 bits per heavy atom. The molecule has 11 nitrogen and oxygen atoms in total. The van der Waals surface area contributed by atoms with Gasteiger partial charge in [-0.05, 0) is 51.7 Å². The first-order valence-corrected chi connectivity index (χ1v) is 13.8. The predicted molar refractivity (Wildman–Crippen MR) is 138 cm³/mol. The molecule has 0 aliphatic rings. The van der Waals surface area contributed by atoms with E-state index in [0.29, 0.717) is 0 Å². The molecule has 206 valence electrons. The Bertz CT molecular complexity index is 1120. The lowest BCUT2D eigenvalue weighted by atomic mass is 9.98. The number of hydrogen-bond acceptors (Lipinski definition) is 7. The van der Waals surface area contributed by atoms with Crippen molar-refractivity contribution in [1.29, 1.82) is 0 Å². The molecule has 0 saturated carbocycles. The van der Waals surface area contributed by atoms with Gasteiger partial charge in [0, 0.05) is 23.5 Å². The third-order valence-electron chi connectivity index (χ3n) is 5.36. The molecule has 2 aromatic rings. The van der Waals surface area contributed by atoms with Crippen LogP contribution < -0.4 is 10.4 Å². The summed E-state index contributed by atoms with van der Waals surface area (Å²) in [5.41, 5.74) is 0.874. The highest BCUT2D eigenvalue weighted by molar-refractivity contribution is 7.50. The van der Waals surface area contributed by atoms with Crippen LogP contribution in [-0.2, 0) is 39.4 Å². The van der Waals surface area contributed by atoms with Crippen LogP contribution in [-0.4, -0.2) is 53.2 Å². The molecule has 1 aromatic heterocycles. The van der Waals surface area contributed by atoms with E-state index in [4.69, 9.17) is 14.0 Å². The van der Waals surface area contributed by atoms with Gasteiger partial charge >= 0.3 is 19.7 Å². The summed E-state index contributed by atoms with van der Waals surface area (Å²) in [6.45, 7) is 9.59. The normalized spacial score (nSPS) is 15.1. The number of hydrogen-bond donors (Lipinski definition) is 4. The zero-order valence-corrected chi connectivity index (χ0v) is 23.1. The lowest BCUT2D eigenvalue weighted by Crippen LogP contribution is -2.51. The first-order valence-electron chi connectivity index (χ1n) is 12.2. The van der Waals surface area contributed by atoms with Crippen LogP contribution in [0.1, 0.15) is 53.5 Å². The number of carbonyl (C=O) groups is 3. The number of H-pyrrole nitrogens is 1. The second-order valence-electron chi connectivity index (χ2n) is 10.1. The van der Waals surface area contributed by atoms with E-state index < -0.39 is 49.9 Å². The molecular formula is C25H38N3O8P. The van der Waals surface area contributed by atoms with Crippen molar-refractivity contribution in [2.24, 2.45) is 11.3 Å². The number of benzene rings is 1. The first-order chi connectivity index (χ1) is 17.2. The summed E-state index contributed by atoms with van der Waals surface area (Å²) in [5, 5.41) is 5.90. The van der Waals surface area contributed by atoms with Crippen LogP contribution in [0.5, 0.6) is 0 Å². The summed E-state index contributed by atoms with van der Waals surface area (Å²) >= 11 is 0. The van der Waals surface area contributed by atoms with Crippen molar-refractivity contribution in [3.63, 3.8) is 0 Å². The fourth-order valence-electron chi connectivity index (χ4n) is 3.52. The van der Waals surface area contributed by atoms with Crippen LogP contribution in [0.3, 0.4) is 0 Å². The van der Waals surface area contributed by atoms with Gasteiger partial charge < -0.3 is 24.7 Å². The Labute approximate surface area is 217 Å². The highest BCUT2D eigenvalue weighted by atomic mass is 31.2. The molecule has 0 saturated heterocycles. The molecule has 12 heteroatoms. The van der Waals surface area contributed by atoms with E-state index >= 15 is 0 Å². The van der Waals surface area contributed by atoms with Crippen molar-refractivity contribution in [1.82, 2.24) is 15.4 Å². The zero-order chi connectivity index (χ0) is 27.8. The Kier molecular flexibility index (Phi) is 10.9. The summed E-state index contributed by atoms with van der Waals surface area (Å²) in [7, 11) is -4.55. The minimum absolute atomic E-state index is 0.0448. The second kappa shape index (κ2) is 13.2. The molecule has 37 heavy (non-hydrogen) atoms. The van der Waals surface area contributed by atoms with Gasteiger partial charge in [-0.15, -0.1) is 0 Å². The van der Waals surface area contributed by atoms with Crippen LogP contribution in [0.2, 0.25) is 0 Å². The van der Waals surface area contributed by atoms with Gasteiger partial charge in [-0.25, -0.2) is 14.4 Å². The van der Waals surface area contributed by atoms with E-state index in [2.05, 4.69) is 15.4 Å². The summed E-state index contributed by atoms with van der Waals surface area (Å²) in [5.74, 6) is -1.95. The number of para-hydroxylation sites is 1. The first kappa shape index (κ1) is 30.5. The van der Waals surface area contributed by atoms with E-state index in [-0.39, 0.29) is 25.4 Å². The average molecular weight is 540 g/mol. The molecule has 1 unspecified atom stereocenters. The molecule has 1 heterocycles. The molecule has 1 aromatic carbocycles. The third kappa shape index (κ3) is 9.59. The predicted octanol–water partition coefficient (Wildman–Crippen LogP) is 3.43. The summed E-state index contributed by atoms with van der Waals surface area (Å²) < 4.78 is 27.5. The molecule has 3 atom stereocenters. The van der Waals surface area contributed by atoms with Crippen molar-refractivity contribution < 1.29 is 37.8 Å². The molecule has 2 rings (SSSR count). The highest BCUT2D eigenvalue weighted by Gasteiger charge is 2.33. The molecule has 0 aliphatic carbocycles. The number of fused-ring (bicyclic) bond motifs is 1. The van der Waals surface area contributed by atoms with Crippen molar-refractivity contribution in [2.45, 2.75) is 66.5 Å². The number of carbonyl (C=O) groups excluding carboxylic acids is 3. The standard InChI is InChI=1S/C25H38N3O8P/c1-7-34-23(30)21(13-17-14-26-19-11-9-8-10-18(17)19)27-22(29)20(12-16(2)3)28-37(32,33)36-15-35-24(31)25(4,5)6/h8-11,14,16,20-21,26H,7,12-13,15H2,1-6H3,(H,27,29)(H2,28,32,33)/t20-,21-/m0/s1. The van der Waals surface area contributed by atoms with Crippen LogP contribution in [0.25, 0.3) is 10.9 Å². The quantitative estimate of drug-likeness (QED) is 0.170. The Balaban J connectivity index is 2.15. The molecular weight excluding hydrogens is 501 g/mol. The number of nitrogens with one attached hydrogen (secondary N) is 3. The van der Waals surface area contributed by atoms with Gasteiger partial charge in [-0.1, -0.05) is 32.0 Å². The van der Waals surface area contributed by atoms with Crippen LogP contribution in [0, 0.1) is 11.3 Å². The second-order valence-corrected chi connectivity index (χ2v) is 11.7. The fourth-order valence-corrected chi connectivity index (χ4v) is 4.41. The maximum Gasteiger partial charge on any atom is 0.406 e.